The zero-order valence-electron chi connectivity index (χ0n) is 23.6. The lowest BCUT2D eigenvalue weighted by Crippen LogP contribution is -2.64. The van der Waals surface area contributed by atoms with E-state index in [0.29, 0.717) is 24.9 Å². The molecule has 0 saturated heterocycles. The maximum absolute atomic E-state index is 15.0. The number of ketones is 1. The number of hydrogen-bond donors (Lipinski definition) is 3. The highest BCUT2D eigenvalue weighted by atomic mass is 19.1. The van der Waals surface area contributed by atoms with Crippen molar-refractivity contribution < 1.29 is 38.2 Å². The molecule has 3 aliphatic carbocycles. The summed E-state index contributed by atoms with van der Waals surface area (Å²) < 4.78 is 31.8. The van der Waals surface area contributed by atoms with Crippen molar-refractivity contribution in [2.24, 2.45) is 34.0 Å². The Labute approximate surface area is 230 Å². The molecular weight excluding hydrogens is 504 g/mol. The second kappa shape index (κ2) is 10.1. The Morgan fingerprint density at radius 2 is 2.03 bits per heavy atom. The lowest BCUT2D eigenvalue weighted by atomic mass is 9.44. The van der Waals surface area contributed by atoms with E-state index in [1.807, 2.05) is 14.0 Å². The normalized spacial score (nSPS) is 39.5. The first kappa shape index (κ1) is 28.5. The molecule has 39 heavy (non-hydrogen) atoms. The molecule has 1 aromatic carbocycles. The van der Waals surface area contributed by atoms with Gasteiger partial charge in [0.1, 0.15) is 11.9 Å². The first-order chi connectivity index (χ1) is 18.4. The number of esters is 1. The van der Waals surface area contributed by atoms with E-state index < -0.39 is 48.5 Å². The Morgan fingerprint density at radius 1 is 1.28 bits per heavy atom. The van der Waals surface area contributed by atoms with Gasteiger partial charge in [-0.2, -0.15) is 0 Å². The Kier molecular flexibility index (Phi) is 7.40. The van der Waals surface area contributed by atoms with E-state index in [-0.39, 0.29) is 46.8 Å². The molecule has 5 rings (SSSR count). The summed E-state index contributed by atoms with van der Waals surface area (Å²) in [6, 6.07) is 3.02. The van der Waals surface area contributed by atoms with Crippen LogP contribution >= 0.6 is 0 Å². The molecule has 3 saturated carbocycles. The van der Waals surface area contributed by atoms with Crippen molar-refractivity contribution in [1.29, 1.82) is 0 Å². The molecule has 0 unspecified atom stereocenters. The first-order valence-electron chi connectivity index (χ1n) is 14.2. The highest BCUT2D eigenvalue weighted by Gasteiger charge is 2.68. The fourth-order valence-corrected chi connectivity index (χ4v) is 8.63. The predicted octanol–water partition coefficient (Wildman–Crippen LogP) is 2.36. The van der Waals surface area contributed by atoms with Crippen LogP contribution in [0.1, 0.15) is 65.4 Å². The molecule has 3 N–H and O–H groups in total. The summed E-state index contributed by atoms with van der Waals surface area (Å²) in [6.07, 6.45) is 2.01. The van der Waals surface area contributed by atoms with Crippen LogP contribution in [-0.4, -0.2) is 61.4 Å². The minimum Gasteiger partial charge on any atom is -0.479 e. The summed E-state index contributed by atoms with van der Waals surface area (Å²) in [4.78, 5) is 26.8. The SMILES string of the molecule is CNC[C@]1(C)C[C@@H](OC(=O)COc2ccc3c(c2F)B(O)OC3)[C@]2(C)[C@H](C)CC[C@]3(CCC(=O)[C@H]32)[C@@H](C)[C@@H]1O. The van der Waals surface area contributed by atoms with Crippen molar-refractivity contribution >= 4 is 24.3 Å². The Hall–Kier alpha value is -2.01. The van der Waals surface area contributed by atoms with Gasteiger partial charge in [-0.05, 0) is 61.6 Å². The van der Waals surface area contributed by atoms with Crippen molar-refractivity contribution in [1.82, 2.24) is 5.32 Å². The predicted molar refractivity (Wildman–Crippen MR) is 143 cm³/mol. The maximum atomic E-state index is 15.0. The van der Waals surface area contributed by atoms with E-state index in [1.54, 1.807) is 6.07 Å². The molecule has 4 aliphatic rings. The van der Waals surface area contributed by atoms with Gasteiger partial charge in [0, 0.05) is 35.2 Å². The lowest BCUT2D eigenvalue weighted by molar-refractivity contribution is -0.212. The fourth-order valence-electron chi connectivity index (χ4n) is 8.63. The second-order valence-corrected chi connectivity index (χ2v) is 12.9. The third kappa shape index (κ3) is 4.33. The smallest absolute Gasteiger partial charge is 0.479 e. The molecule has 0 spiro atoms. The van der Waals surface area contributed by atoms with Crippen LogP contribution in [0, 0.1) is 39.8 Å². The molecular formula is C29H41BFNO7. The number of carbonyl (C=O) groups is 2. The number of aliphatic hydroxyl groups excluding tert-OH is 1. The third-order valence-corrected chi connectivity index (χ3v) is 11.0. The van der Waals surface area contributed by atoms with E-state index in [2.05, 4.69) is 26.1 Å². The highest BCUT2D eigenvalue weighted by Crippen LogP contribution is 2.67. The van der Waals surface area contributed by atoms with E-state index in [1.165, 1.54) is 6.07 Å². The van der Waals surface area contributed by atoms with E-state index >= 15 is 0 Å². The number of benzene rings is 1. The number of rotatable bonds is 6. The van der Waals surface area contributed by atoms with Gasteiger partial charge in [-0.15, -0.1) is 0 Å². The standard InChI is InChI=1S/C29H41BFNO7/c1-16-8-10-29-11-9-19(33)25(29)28(16,4)21(12-27(3,15-32-5)26(35)17(29)2)39-22(34)14-37-20-7-6-18-13-38-30(36)23(18)24(20)31/h6-7,16-17,21,25-26,32,35-36H,8-15H2,1-5H3/t16-,17+,21-,25+,26+,27+,28+,29+/m1/s1. The molecule has 2 bridgehead atoms. The van der Waals surface area contributed by atoms with Crippen LogP contribution in [-0.2, 0) is 25.6 Å². The van der Waals surface area contributed by atoms with Crippen LogP contribution in [0.4, 0.5) is 4.39 Å². The summed E-state index contributed by atoms with van der Waals surface area (Å²) in [7, 11) is 0.468. The van der Waals surface area contributed by atoms with Gasteiger partial charge in [0.05, 0.1) is 12.7 Å². The molecule has 10 heteroatoms. The Bertz CT molecular complexity index is 1150. The second-order valence-electron chi connectivity index (χ2n) is 12.9. The number of hydrogen-bond acceptors (Lipinski definition) is 8. The van der Waals surface area contributed by atoms with Gasteiger partial charge in [0.2, 0.25) is 0 Å². The number of aliphatic hydroxyl groups is 1. The van der Waals surface area contributed by atoms with Gasteiger partial charge < -0.3 is 29.6 Å². The molecule has 8 nitrogen and oxygen atoms in total. The molecule has 8 atom stereocenters. The molecule has 1 aliphatic heterocycles. The van der Waals surface area contributed by atoms with Crippen LogP contribution < -0.4 is 15.5 Å². The van der Waals surface area contributed by atoms with E-state index in [0.717, 1.165) is 19.3 Å². The number of Topliss-reactive ketones (excluding diaryl/α,β-unsaturated/α-hetero) is 1. The van der Waals surface area contributed by atoms with Gasteiger partial charge in [-0.25, -0.2) is 9.18 Å². The van der Waals surface area contributed by atoms with Crippen molar-refractivity contribution in [3.05, 3.63) is 23.5 Å². The summed E-state index contributed by atoms with van der Waals surface area (Å²) in [6.45, 7) is 8.43. The highest BCUT2D eigenvalue weighted by molar-refractivity contribution is 6.61. The van der Waals surface area contributed by atoms with Crippen LogP contribution in [0.3, 0.4) is 0 Å². The Balaban J connectivity index is 1.45. The molecule has 1 aromatic rings. The van der Waals surface area contributed by atoms with Crippen LogP contribution in [0.2, 0.25) is 0 Å². The van der Waals surface area contributed by atoms with Gasteiger partial charge >= 0.3 is 13.1 Å². The zero-order valence-corrected chi connectivity index (χ0v) is 23.6. The number of carbonyl (C=O) groups excluding carboxylic acids is 2. The molecule has 0 aromatic heterocycles. The van der Waals surface area contributed by atoms with Crippen molar-refractivity contribution in [3.63, 3.8) is 0 Å². The van der Waals surface area contributed by atoms with Gasteiger partial charge in [0.25, 0.3) is 0 Å². The van der Waals surface area contributed by atoms with Crippen molar-refractivity contribution in [2.75, 3.05) is 20.2 Å². The van der Waals surface area contributed by atoms with Crippen molar-refractivity contribution in [3.8, 4) is 5.75 Å². The molecule has 0 radical (unpaired) electrons. The van der Waals surface area contributed by atoms with E-state index in [4.69, 9.17) is 14.1 Å². The lowest BCUT2D eigenvalue weighted by Gasteiger charge is -2.62. The minimum absolute atomic E-state index is 0.0199. The van der Waals surface area contributed by atoms with Crippen LogP contribution in [0.5, 0.6) is 5.75 Å². The summed E-state index contributed by atoms with van der Waals surface area (Å²) in [5.41, 5.74) is -1.02. The summed E-state index contributed by atoms with van der Waals surface area (Å²) in [5.74, 6) is -1.68. The maximum Gasteiger partial charge on any atom is 0.494 e. The average Bonchev–Trinajstić information content (AvgIpc) is 3.45. The molecule has 3 fully saturated rings. The topological polar surface area (TPSA) is 114 Å². The monoisotopic (exact) mass is 545 g/mol. The van der Waals surface area contributed by atoms with Crippen LogP contribution in [0.25, 0.3) is 0 Å². The fraction of sp³-hybridized carbons (Fsp3) is 0.724. The average molecular weight is 545 g/mol. The van der Waals surface area contributed by atoms with E-state index in [9.17, 15) is 24.1 Å². The molecule has 214 valence electrons. The number of nitrogens with one attached hydrogen (secondary N) is 1. The summed E-state index contributed by atoms with van der Waals surface area (Å²) >= 11 is 0. The first-order valence-corrected chi connectivity index (χ1v) is 14.2. The van der Waals surface area contributed by atoms with Gasteiger partial charge in [-0.1, -0.05) is 33.8 Å². The van der Waals surface area contributed by atoms with Crippen molar-refractivity contribution in [2.45, 2.75) is 78.6 Å². The zero-order chi connectivity index (χ0) is 28.3. The third-order valence-electron chi connectivity index (χ3n) is 11.0. The van der Waals surface area contributed by atoms with Gasteiger partial charge in [0.15, 0.2) is 18.2 Å². The molecule has 1 heterocycles. The number of fused-ring (bicyclic) bond motifs is 1. The van der Waals surface area contributed by atoms with Crippen LogP contribution in [0.15, 0.2) is 12.1 Å². The molecule has 0 amide bonds. The number of ether oxygens (including phenoxy) is 2. The quantitative estimate of drug-likeness (QED) is 0.369. The van der Waals surface area contributed by atoms with Gasteiger partial charge in [-0.3, -0.25) is 4.79 Å². The minimum atomic E-state index is -1.37. The Morgan fingerprint density at radius 3 is 2.74 bits per heavy atom. The summed E-state index contributed by atoms with van der Waals surface area (Å²) in [5, 5.41) is 24.9. The number of halogens is 1. The largest absolute Gasteiger partial charge is 0.494 e.